The summed E-state index contributed by atoms with van der Waals surface area (Å²) in [7, 11) is 0. The van der Waals surface area contributed by atoms with Crippen LogP contribution in [0.25, 0.3) is 5.69 Å². The molecule has 1 saturated carbocycles. The van der Waals surface area contributed by atoms with E-state index in [1.54, 1.807) is 29.2 Å². The van der Waals surface area contributed by atoms with Crippen molar-refractivity contribution in [3.63, 3.8) is 0 Å². The van der Waals surface area contributed by atoms with Crippen LogP contribution >= 0.6 is 34.2 Å². The lowest BCUT2D eigenvalue weighted by atomic mass is 9.88. The standard InChI is InChI=1S/C21H15ClIN3O3/c22-12-2-1-3-15(10-12)26-18-16(17(24-26)20(28)29)21(8-9-21)11-25(19(18)27)14-6-4-13(23)5-7-14/h1-7,10H,8-9,11H2,(H,28,29). The number of benzene rings is 2. The highest BCUT2D eigenvalue weighted by Gasteiger charge is 2.56. The van der Waals surface area contributed by atoms with Crippen LogP contribution in [-0.2, 0) is 5.41 Å². The molecule has 5 rings (SSSR count). The summed E-state index contributed by atoms with van der Waals surface area (Å²) in [4.78, 5) is 27.3. The van der Waals surface area contributed by atoms with Crippen LogP contribution in [0.2, 0.25) is 5.02 Å². The Labute approximate surface area is 185 Å². The minimum Gasteiger partial charge on any atom is -0.476 e. The molecule has 29 heavy (non-hydrogen) atoms. The Balaban J connectivity index is 1.74. The predicted molar refractivity (Wildman–Crippen MR) is 117 cm³/mol. The van der Waals surface area contributed by atoms with Gasteiger partial charge in [-0.25, -0.2) is 9.48 Å². The lowest BCUT2D eigenvalue weighted by Crippen LogP contribution is -2.44. The van der Waals surface area contributed by atoms with Gasteiger partial charge in [-0.05, 0) is 77.9 Å². The first-order valence-corrected chi connectivity index (χ1v) is 10.6. The number of carboxylic acids is 1. The monoisotopic (exact) mass is 519 g/mol. The minimum atomic E-state index is -1.12. The smallest absolute Gasteiger partial charge is 0.356 e. The van der Waals surface area contributed by atoms with Crippen molar-refractivity contribution in [2.75, 3.05) is 11.4 Å². The number of aromatic carboxylic acids is 1. The largest absolute Gasteiger partial charge is 0.476 e. The summed E-state index contributed by atoms with van der Waals surface area (Å²) in [6.07, 6.45) is 1.66. The number of hydrogen-bond acceptors (Lipinski definition) is 3. The average molecular weight is 520 g/mol. The molecule has 1 aliphatic carbocycles. The van der Waals surface area contributed by atoms with Gasteiger partial charge in [-0.1, -0.05) is 17.7 Å². The number of aromatic nitrogens is 2. The molecule has 1 aromatic heterocycles. The van der Waals surface area contributed by atoms with Gasteiger partial charge < -0.3 is 10.0 Å². The van der Waals surface area contributed by atoms with Gasteiger partial charge in [-0.2, -0.15) is 5.10 Å². The molecule has 8 heteroatoms. The zero-order valence-electron chi connectivity index (χ0n) is 15.1. The number of hydrogen-bond donors (Lipinski definition) is 1. The summed E-state index contributed by atoms with van der Waals surface area (Å²) < 4.78 is 2.51. The van der Waals surface area contributed by atoms with Gasteiger partial charge in [0, 0.05) is 31.8 Å². The van der Waals surface area contributed by atoms with Crippen LogP contribution in [-0.4, -0.2) is 33.3 Å². The normalized spacial score (nSPS) is 16.8. The molecule has 146 valence electrons. The summed E-state index contributed by atoms with van der Waals surface area (Å²) in [5.41, 5.74) is 1.81. The van der Waals surface area contributed by atoms with E-state index in [1.165, 1.54) is 4.68 Å². The van der Waals surface area contributed by atoms with Crippen LogP contribution < -0.4 is 4.90 Å². The highest BCUT2D eigenvalue weighted by Crippen LogP contribution is 2.54. The van der Waals surface area contributed by atoms with Gasteiger partial charge in [-0.3, -0.25) is 4.79 Å². The molecule has 0 saturated heterocycles. The zero-order chi connectivity index (χ0) is 20.3. The number of anilines is 1. The fraction of sp³-hybridized carbons (Fsp3) is 0.190. The van der Waals surface area contributed by atoms with Crippen molar-refractivity contribution >= 4 is 51.8 Å². The Morgan fingerprint density at radius 3 is 2.48 bits per heavy atom. The molecule has 2 heterocycles. The SMILES string of the molecule is O=C(O)c1nn(-c2cccc(Cl)c2)c2c1C1(CC1)CN(c1ccc(I)cc1)C2=O. The Bertz CT molecular complexity index is 1170. The number of halogens is 2. The van der Waals surface area contributed by atoms with E-state index in [-0.39, 0.29) is 17.0 Å². The number of carboxylic acid groups (broad SMARTS) is 1. The lowest BCUT2D eigenvalue weighted by molar-refractivity contribution is 0.0688. The number of nitrogens with zero attached hydrogens (tertiary/aromatic N) is 3. The third-order valence-electron chi connectivity index (χ3n) is 5.57. The van der Waals surface area contributed by atoms with Crippen LogP contribution in [0.1, 0.15) is 39.4 Å². The Kier molecular flexibility index (Phi) is 4.22. The van der Waals surface area contributed by atoms with Gasteiger partial charge in [-0.15, -0.1) is 0 Å². The van der Waals surface area contributed by atoms with Crippen molar-refractivity contribution in [1.29, 1.82) is 0 Å². The van der Waals surface area contributed by atoms with Crippen LogP contribution in [0.4, 0.5) is 5.69 Å². The Hall–Kier alpha value is -2.39. The molecule has 0 radical (unpaired) electrons. The van der Waals surface area contributed by atoms with Crippen molar-refractivity contribution in [2.24, 2.45) is 0 Å². The van der Waals surface area contributed by atoms with E-state index in [9.17, 15) is 14.7 Å². The highest BCUT2D eigenvalue weighted by molar-refractivity contribution is 14.1. The molecule has 1 spiro atoms. The third-order valence-corrected chi connectivity index (χ3v) is 6.53. The van der Waals surface area contributed by atoms with Crippen LogP contribution in [0.15, 0.2) is 48.5 Å². The summed E-state index contributed by atoms with van der Waals surface area (Å²) >= 11 is 8.36. The molecular formula is C21H15ClIN3O3. The van der Waals surface area contributed by atoms with E-state index in [0.29, 0.717) is 28.5 Å². The molecule has 1 amide bonds. The quantitative estimate of drug-likeness (QED) is 0.517. The van der Waals surface area contributed by atoms with Crippen LogP contribution in [0, 0.1) is 3.57 Å². The van der Waals surface area contributed by atoms with Crippen molar-refractivity contribution < 1.29 is 14.7 Å². The van der Waals surface area contributed by atoms with E-state index in [1.807, 2.05) is 24.3 Å². The average Bonchev–Trinajstić information content (AvgIpc) is 3.33. The third kappa shape index (κ3) is 2.95. The maximum Gasteiger partial charge on any atom is 0.356 e. The van der Waals surface area contributed by atoms with E-state index in [4.69, 9.17) is 11.6 Å². The molecule has 0 atom stereocenters. The molecule has 6 nitrogen and oxygen atoms in total. The van der Waals surface area contributed by atoms with Crippen molar-refractivity contribution in [1.82, 2.24) is 9.78 Å². The summed E-state index contributed by atoms with van der Waals surface area (Å²) in [6, 6.07) is 14.7. The zero-order valence-corrected chi connectivity index (χ0v) is 18.0. The number of fused-ring (bicyclic) bond motifs is 2. The van der Waals surface area contributed by atoms with E-state index in [0.717, 1.165) is 22.1 Å². The highest BCUT2D eigenvalue weighted by atomic mass is 127. The number of amides is 1. The van der Waals surface area contributed by atoms with Gasteiger partial charge >= 0.3 is 5.97 Å². The molecule has 2 aromatic carbocycles. The first-order valence-electron chi connectivity index (χ1n) is 9.10. The van der Waals surface area contributed by atoms with Gasteiger partial charge in [0.15, 0.2) is 5.69 Å². The molecule has 1 fully saturated rings. The van der Waals surface area contributed by atoms with Crippen LogP contribution in [0.3, 0.4) is 0 Å². The van der Waals surface area contributed by atoms with Crippen LogP contribution in [0.5, 0.6) is 0 Å². The fourth-order valence-electron chi connectivity index (χ4n) is 4.03. The maximum atomic E-state index is 13.6. The summed E-state index contributed by atoms with van der Waals surface area (Å²) in [5, 5.41) is 14.6. The topological polar surface area (TPSA) is 75.4 Å². The van der Waals surface area contributed by atoms with E-state index in [2.05, 4.69) is 27.7 Å². The molecule has 1 aliphatic heterocycles. The Morgan fingerprint density at radius 2 is 1.86 bits per heavy atom. The number of carbonyl (C=O) groups is 2. The Morgan fingerprint density at radius 1 is 1.14 bits per heavy atom. The first kappa shape index (κ1) is 18.6. The first-order chi connectivity index (χ1) is 13.9. The predicted octanol–water partition coefficient (Wildman–Crippen LogP) is 4.52. The van der Waals surface area contributed by atoms with Gasteiger partial charge in [0.25, 0.3) is 5.91 Å². The molecular weight excluding hydrogens is 505 g/mol. The maximum absolute atomic E-state index is 13.6. The fourth-order valence-corrected chi connectivity index (χ4v) is 4.58. The van der Waals surface area contributed by atoms with E-state index < -0.39 is 5.97 Å². The molecule has 1 N–H and O–H groups in total. The molecule has 0 bridgehead atoms. The number of rotatable bonds is 3. The second-order valence-corrected chi connectivity index (χ2v) is 9.10. The van der Waals surface area contributed by atoms with Gasteiger partial charge in [0.1, 0.15) is 5.69 Å². The summed E-state index contributed by atoms with van der Waals surface area (Å²) in [6.45, 7) is 0.459. The molecule has 3 aromatic rings. The lowest BCUT2D eigenvalue weighted by Gasteiger charge is -2.33. The number of carbonyl (C=O) groups excluding carboxylic acids is 1. The molecule has 2 aliphatic rings. The second kappa shape index (κ2) is 6.56. The van der Waals surface area contributed by atoms with E-state index >= 15 is 0 Å². The van der Waals surface area contributed by atoms with Crippen molar-refractivity contribution in [3.05, 3.63) is 74.1 Å². The van der Waals surface area contributed by atoms with Crippen molar-refractivity contribution in [3.8, 4) is 5.69 Å². The summed E-state index contributed by atoms with van der Waals surface area (Å²) in [5.74, 6) is -1.37. The molecule has 0 unspecified atom stereocenters. The van der Waals surface area contributed by atoms with Gasteiger partial charge in [0.05, 0.1) is 5.69 Å². The second-order valence-electron chi connectivity index (χ2n) is 7.42. The minimum absolute atomic E-state index is 0.0481. The van der Waals surface area contributed by atoms with Crippen molar-refractivity contribution in [2.45, 2.75) is 18.3 Å². The van der Waals surface area contributed by atoms with Gasteiger partial charge in [0.2, 0.25) is 0 Å².